The highest BCUT2D eigenvalue weighted by molar-refractivity contribution is 7.91. The minimum Gasteiger partial charge on any atom is -0.379 e. The van der Waals surface area contributed by atoms with Crippen molar-refractivity contribution in [3.8, 4) is 0 Å². The van der Waals surface area contributed by atoms with Gasteiger partial charge in [-0.3, -0.25) is 0 Å². The van der Waals surface area contributed by atoms with E-state index in [0.29, 0.717) is 17.1 Å². The maximum Gasteiger partial charge on any atom is 0.180 e. The maximum absolute atomic E-state index is 12.0. The van der Waals surface area contributed by atoms with Gasteiger partial charge in [0, 0.05) is 16.3 Å². The fourth-order valence-electron chi connectivity index (χ4n) is 1.80. The van der Waals surface area contributed by atoms with Gasteiger partial charge in [-0.2, -0.15) is 0 Å². The number of rotatable bonds is 5. The minimum atomic E-state index is -3.19. The molecule has 0 bridgehead atoms. The van der Waals surface area contributed by atoms with Crippen molar-refractivity contribution in [3.63, 3.8) is 0 Å². The molecule has 1 aromatic heterocycles. The van der Waals surface area contributed by atoms with Gasteiger partial charge in [-0.1, -0.05) is 19.1 Å². The molecular weight excluding hydrogens is 278 g/mol. The molecule has 1 heterocycles. The van der Waals surface area contributed by atoms with Crippen molar-refractivity contribution < 1.29 is 8.42 Å². The summed E-state index contributed by atoms with van der Waals surface area (Å²) in [6.45, 7) is 4.37. The summed E-state index contributed by atoms with van der Waals surface area (Å²) in [5.74, 6) is 0.115. The highest BCUT2D eigenvalue weighted by atomic mass is 32.2. The first-order valence-electron chi connectivity index (χ1n) is 6.14. The van der Waals surface area contributed by atoms with E-state index in [0.717, 1.165) is 0 Å². The van der Waals surface area contributed by atoms with Crippen LogP contribution in [0.5, 0.6) is 0 Å². The SMILES string of the molecule is CCS(=O)(=O)c1ccccc1NCc1ccc(C)s1. The van der Waals surface area contributed by atoms with Crippen molar-refractivity contribution in [3.05, 3.63) is 46.2 Å². The number of benzene rings is 1. The van der Waals surface area contributed by atoms with E-state index in [9.17, 15) is 8.42 Å². The Balaban J connectivity index is 2.21. The Morgan fingerprint density at radius 1 is 1.16 bits per heavy atom. The molecule has 0 saturated carbocycles. The second-order valence-corrected chi connectivity index (χ2v) is 7.88. The zero-order valence-corrected chi connectivity index (χ0v) is 12.6. The number of para-hydroxylation sites is 1. The third-order valence-corrected chi connectivity index (χ3v) is 5.64. The van der Waals surface area contributed by atoms with E-state index in [2.05, 4.69) is 24.4 Å². The van der Waals surface area contributed by atoms with Gasteiger partial charge in [0.25, 0.3) is 0 Å². The van der Waals surface area contributed by atoms with E-state index in [1.165, 1.54) is 9.75 Å². The quantitative estimate of drug-likeness (QED) is 0.919. The predicted octanol–water partition coefficient (Wildman–Crippen LogP) is 3.46. The lowest BCUT2D eigenvalue weighted by Crippen LogP contribution is -2.08. The van der Waals surface area contributed by atoms with Gasteiger partial charge in [0.05, 0.1) is 16.3 Å². The predicted molar refractivity (Wildman–Crippen MR) is 80.6 cm³/mol. The summed E-state index contributed by atoms with van der Waals surface area (Å²) in [7, 11) is -3.19. The lowest BCUT2D eigenvalue weighted by molar-refractivity contribution is 0.597. The third kappa shape index (κ3) is 3.36. The zero-order valence-electron chi connectivity index (χ0n) is 11.0. The zero-order chi connectivity index (χ0) is 13.9. The molecule has 0 radical (unpaired) electrons. The van der Waals surface area contributed by atoms with Gasteiger partial charge < -0.3 is 5.32 Å². The molecule has 0 saturated heterocycles. The molecule has 5 heteroatoms. The Bertz CT molecular complexity index is 660. The van der Waals surface area contributed by atoms with Crippen LogP contribution in [0.3, 0.4) is 0 Å². The van der Waals surface area contributed by atoms with Crippen LogP contribution in [-0.4, -0.2) is 14.2 Å². The molecule has 0 amide bonds. The number of hydrogen-bond donors (Lipinski definition) is 1. The number of hydrogen-bond acceptors (Lipinski definition) is 4. The molecule has 0 unspecified atom stereocenters. The van der Waals surface area contributed by atoms with Gasteiger partial charge in [0.1, 0.15) is 0 Å². The third-order valence-electron chi connectivity index (χ3n) is 2.85. The Morgan fingerprint density at radius 2 is 1.89 bits per heavy atom. The van der Waals surface area contributed by atoms with Crippen LogP contribution >= 0.6 is 11.3 Å². The number of sulfone groups is 1. The van der Waals surface area contributed by atoms with Gasteiger partial charge >= 0.3 is 0 Å². The molecule has 0 aliphatic rings. The highest BCUT2D eigenvalue weighted by Crippen LogP contribution is 2.23. The molecule has 0 atom stereocenters. The van der Waals surface area contributed by atoms with Crippen molar-refractivity contribution in [2.75, 3.05) is 11.1 Å². The van der Waals surface area contributed by atoms with Gasteiger partial charge in [-0.05, 0) is 31.2 Å². The van der Waals surface area contributed by atoms with E-state index in [4.69, 9.17) is 0 Å². The van der Waals surface area contributed by atoms with Gasteiger partial charge in [0.2, 0.25) is 0 Å². The van der Waals surface area contributed by atoms with Crippen LogP contribution in [0, 0.1) is 6.92 Å². The van der Waals surface area contributed by atoms with Gasteiger partial charge in [0.15, 0.2) is 9.84 Å². The van der Waals surface area contributed by atoms with Gasteiger partial charge in [-0.15, -0.1) is 11.3 Å². The van der Waals surface area contributed by atoms with Crippen molar-refractivity contribution in [1.29, 1.82) is 0 Å². The molecule has 102 valence electrons. The van der Waals surface area contributed by atoms with Crippen LogP contribution in [0.25, 0.3) is 0 Å². The van der Waals surface area contributed by atoms with E-state index < -0.39 is 9.84 Å². The largest absolute Gasteiger partial charge is 0.379 e. The van der Waals surface area contributed by atoms with Crippen molar-refractivity contribution in [2.24, 2.45) is 0 Å². The van der Waals surface area contributed by atoms with E-state index in [1.807, 2.05) is 12.1 Å². The second kappa shape index (κ2) is 5.75. The summed E-state index contributed by atoms with van der Waals surface area (Å²) in [6.07, 6.45) is 0. The van der Waals surface area contributed by atoms with E-state index >= 15 is 0 Å². The standard InChI is InChI=1S/C14H17NO2S2/c1-3-19(16,17)14-7-5-4-6-13(14)15-10-12-9-8-11(2)18-12/h4-9,15H,3,10H2,1-2H3. The normalized spacial score (nSPS) is 11.5. The van der Waals surface area contributed by atoms with Crippen LogP contribution in [0.1, 0.15) is 16.7 Å². The molecule has 0 aliphatic heterocycles. The van der Waals surface area contributed by atoms with Gasteiger partial charge in [-0.25, -0.2) is 8.42 Å². The first-order valence-corrected chi connectivity index (χ1v) is 8.61. The minimum absolute atomic E-state index is 0.115. The average Bonchev–Trinajstić information content (AvgIpc) is 2.82. The van der Waals surface area contributed by atoms with Crippen LogP contribution in [0.4, 0.5) is 5.69 Å². The van der Waals surface area contributed by atoms with E-state index in [1.54, 1.807) is 30.4 Å². The van der Waals surface area contributed by atoms with Crippen LogP contribution in [0.2, 0.25) is 0 Å². The molecule has 0 spiro atoms. The second-order valence-electron chi connectivity index (χ2n) is 4.27. The number of aryl methyl sites for hydroxylation is 1. The number of anilines is 1. The molecule has 0 fully saturated rings. The summed E-state index contributed by atoms with van der Waals surface area (Å²) in [4.78, 5) is 2.83. The molecule has 1 aromatic carbocycles. The Labute approximate surface area is 118 Å². The first kappa shape index (κ1) is 14.1. The summed E-state index contributed by atoms with van der Waals surface area (Å²) in [6, 6.07) is 11.2. The topological polar surface area (TPSA) is 46.2 Å². The molecule has 2 aromatic rings. The first-order chi connectivity index (χ1) is 9.03. The summed E-state index contributed by atoms with van der Waals surface area (Å²) >= 11 is 1.71. The maximum atomic E-state index is 12.0. The Morgan fingerprint density at radius 3 is 2.53 bits per heavy atom. The van der Waals surface area contributed by atoms with Crippen molar-refractivity contribution >= 4 is 26.9 Å². The fourth-order valence-corrected chi connectivity index (χ4v) is 3.70. The molecule has 3 nitrogen and oxygen atoms in total. The molecule has 1 N–H and O–H groups in total. The number of thiophene rings is 1. The Kier molecular flexibility index (Phi) is 4.27. The average molecular weight is 295 g/mol. The van der Waals surface area contributed by atoms with Crippen LogP contribution < -0.4 is 5.32 Å². The highest BCUT2D eigenvalue weighted by Gasteiger charge is 2.15. The number of nitrogens with one attached hydrogen (secondary N) is 1. The monoisotopic (exact) mass is 295 g/mol. The summed E-state index contributed by atoms with van der Waals surface area (Å²) < 4.78 is 24.0. The molecular formula is C14H17NO2S2. The summed E-state index contributed by atoms with van der Waals surface area (Å²) in [5.41, 5.74) is 0.676. The van der Waals surface area contributed by atoms with E-state index in [-0.39, 0.29) is 5.75 Å². The molecule has 0 aliphatic carbocycles. The smallest absolute Gasteiger partial charge is 0.180 e. The lowest BCUT2D eigenvalue weighted by Gasteiger charge is -2.10. The molecule has 19 heavy (non-hydrogen) atoms. The van der Waals surface area contributed by atoms with Crippen LogP contribution in [-0.2, 0) is 16.4 Å². The van der Waals surface area contributed by atoms with Crippen molar-refractivity contribution in [2.45, 2.75) is 25.3 Å². The fraction of sp³-hybridized carbons (Fsp3) is 0.286. The van der Waals surface area contributed by atoms with Crippen LogP contribution in [0.15, 0.2) is 41.3 Å². The molecule has 2 rings (SSSR count). The lowest BCUT2D eigenvalue weighted by atomic mass is 10.3. The Hall–Kier alpha value is -1.33. The van der Waals surface area contributed by atoms with Crippen molar-refractivity contribution in [1.82, 2.24) is 0 Å². The summed E-state index contributed by atoms with van der Waals surface area (Å²) in [5, 5.41) is 3.21.